The summed E-state index contributed by atoms with van der Waals surface area (Å²) in [6, 6.07) is 10.4. The summed E-state index contributed by atoms with van der Waals surface area (Å²) in [5, 5.41) is 1.17. The second-order valence-electron chi connectivity index (χ2n) is 4.81. The number of benzene rings is 1. The third-order valence-corrected chi connectivity index (χ3v) is 3.82. The Morgan fingerprint density at radius 2 is 1.80 bits per heavy atom. The normalized spacial score (nSPS) is 12.9. The van der Waals surface area contributed by atoms with E-state index in [0.29, 0.717) is 0 Å². The lowest BCUT2D eigenvalue weighted by atomic mass is 10.4. The van der Waals surface area contributed by atoms with Crippen molar-refractivity contribution in [3.05, 3.63) is 30.3 Å². The summed E-state index contributed by atoms with van der Waals surface area (Å²) in [5.41, 5.74) is 0. The molecule has 0 heterocycles. The van der Waals surface area contributed by atoms with Crippen molar-refractivity contribution in [2.75, 3.05) is 6.17 Å². The Morgan fingerprint density at radius 3 is 2.33 bits per heavy atom. The van der Waals surface area contributed by atoms with Crippen LogP contribution in [-0.2, 0) is 0 Å². The lowest BCUT2D eigenvalue weighted by Crippen LogP contribution is -2.25. The van der Waals surface area contributed by atoms with Gasteiger partial charge in [0.1, 0.15) is 0 Å². The minimum absolute atomic E-state index is 1.03. The zero-order chi connectivity index (χ0) is 11.3. The van der Waals surface area contributed by atoms with Gasteiger partial charge in [-0.3, -0.25) is 4.99 Å². The summed E-state index contributed by atoms with van der Waals surface area (Å²) in [6.45, 7) is 9.13. The highest BCUT2D eigenvalue weighted by Gasteiger charge is 2.11. The van der Waals surface area contributed by atoms with Crippen LogP contribution >= 0.6 is 11.8 Å². The molecule has 0 unspecified atom stereocenters. The first-order valence-electron chi connectivity index (χ1n) is 5.21. The van der Waals surface area contributed by atoms with Crippen LogP contribution in [0, 0.1) is 0 Å². The van der Waals surface area contributed by atoms with Gasteiger partial charge >= 0.3 is 0 Å². The van der Waals surface area contributed by atoms with Crippen molar-refractivity contribution in [2.24, 2.45) is 4.99 Å². The van der Waals surface area contributed by atoms with Crippen LogP contribution in [0.4, 0.5) is 0 Å². The van der Waals surface area contributed by atoms with E-state index in [1.807, 2.05) is 6.07 Å². The highest BCUT2D eigenvalue weighted by molar-refractivity contribution is 8.13. The molecule has 0 aliphatic heterocycles. The van der Waals surface area contributed by atoms with Gasteiger partial charge in [-0.25, -0.2) is 0 Å². The summed E-state index contributed by atoms with van der Waals surface area (Å²) in [4.78, 5) is 5.90. The minimum Gasteiger partial charge on any atom is -0.286 e. The van der Waals surface area contributed by atoms with E-state index in [4.69, 9.17) is 0 Å². The Labute approximate surface area is 98.0 Å². The first-order valence-corrected chi connectivity index (χ1v) is 9.74. The van der Waals surface area contributed by atoms with Crippen molar-refractivity contribution in [1.82, 2.24) is 0 Å². The van der Waals surface area contributed by atoms with E-state index in [1.165, 1.54) is 9.94 Å². The van der Waals surface area contributed by atoms with Crippen molar-refractivity contribution in [3.63, 3.8) is 0 Å². The molecule has 0 aliphatic carbocycles. The first kappa shape index (κ1) is 12.5. The molecule has 0 radical (unpaired) electrons. The molecule has 1 aromatic rings. The monoisotopic (exact) mass is 237 g/mol. The Bertz CT molecular complexity index is 327. The average molecular weight is 237 g/mol. The van der Waals surface area contributed by atoms with Crippen molar-refractivity contribution in [2.45, 2.75) is 31.5 Å². The zero-order valence-electron chi connectivity index (χ0n) is 9.95. The van der Waals surface area contributed by atoms with Gasteiger partial charge in [-0.1, -0.05) is 49.6 Å². The van der Waals surface area contributed by atoms with Gasteiger partial charge in [0.2, 0.25) is 0 Å². The molecule has 0 aliphatic rings. The molecule has 3 heteroatoms. The van der Waals surface area contributed by atoms with E-state index < -0.39 is 8.07 Å². The Morgan fingerprint density at radius 1 is 1.20 bits per heavy atom. The second kappa shape index (κ2) is 5.52. The van der Waals surface area contributed by atoms with Crippen LogP contribution in [0.15, 0.2) is 40.2 Å². The third kappa shape index (κ3) is 5.80. The molecule has 0 spiro atoms. The summed E-state index contributed by atoms with van der Waals surface area (Å²) in [5.74, 6) is 0. The van der Waals surface area contributed by atoms with Crippen LogP contribution in [0.25, 0.3) is 0 Å². The molecule has 0 fully saturated rings. The molecule has 0 atom stereocenters. The molecule has 0 bridgehead atoms. The van der Waals surface area contributed by atoms with Crippen LogP contribution in [0.5, 0.6) is 0 Å². The standard InChI is InChI=1S/C12H19NSSi/c1-11(13-10-15(2,3)4)14-12-8-6-5-7-9-12/h5-9H,10H2,1-4H3/b13-11-. The summed E-state index contributed by atoms with van der Waals surface area (Å²) in [7, 11) is -1.04. The number of hydrogen-bond donors (Lipinski definition) is 0. The van der Waals surface area contributed by atoms with Crippen LogP contribution < -0.4 is 0 Å². The second-order valence-corrected chi connectivity index (χ2v) is 11.5. The Hall–Kier alpha value is -0.543. The summed E-state index contributed by atoms with van der Waals surface area (Å²) >= 11 is 1.76. The number of aliphatic imine (C=N–C) groups is 1. The Kier molecular flexibility index (Phi) is 4.61. The van der Waals surface area contributed by atoms with Gasteiger partial charge in [-0.2, -0.15) is 0 Å². The number of nitrogens with zero attached hydrogens (tertiary/aromatic N) is 1. The maximum atomic E-state index is 4.63. The molecular weight excluding hydrogens is 218 g/mol. The molecule has 0 saturated heterocycles. The topological polar surface area (TPSA) is 12.4 Å². The molecular formula is C12H19NSSi. The zero-order valence-corrected chi connectivity index (χ0v) is 11.8. The van der Waals surface area contributed by atoms with E-state index in [0.717, 1.165) is 6.17 Å². The Balaban J connectivity index is 2.53. The first-order chi connectivity index (χ1) is 6.97. The number of hydrogen-bond acceptors (Lipinski definition) is 2. The fourth-order valence-electron chi connectivity index (χ4n) is 1.04. The van der Waals surface area contributed by atoms with Crippen molar-refractivity contribution < 1.29 is 0 Å². The molecule has 1 aromatic carbocycles. The smallest absolute Gasteiger partial charge is 0.0692 e. The molecule has 82 valence electrons. The van der Waals surface area contributed by atoms with Crippen LogP contribution in [-0.4, -0.2) is 19.3 Å². The molecule has 0 aromatic heterocycles. The van der Waals surface area contributed by atoms with Gasteiger partial charge in [0.25, 0.3) is 0 Å². The SMILES string of the molecule is C/C(=N/C[Si](C)(C)C)Sc1ccccc1. The third-order valence-electron chi connectivity index (χ3n) is 1.78. The highest BCUT2D eigenvalue weighted by Crippen LogP contribution is 2.19. The van der Waals surface area contributed by atoms with E-state index in [1.54, 1.807) is 11.8 Å². The largest absolute Gasteiger partial charge is 0.286 e. The molecule has 0 amide bonds. The van der Waals surface area contributed by atoms with E-state index in [-0.39, 0.29) is 0 Å². The van der Waals surface area contributed by atoms with Gasteiger partial charge in [0, 0.05) is 11.1 Å². The highest BCUT2D eigenvalue weighted by atomic mass is 32.2. The summed E-state index contributed by atoms with van der Waals surface area (Å²) < 4.78 is 0. The van der Waals surface area contributed by atoms with E-state index in [2.05, 4.69) is 55.8 Å². The maximum Gasteiger partial charge on any atom is 0.0692 e. The minimum atomic E-state index is -1.04. The van der Waals surface area contributed by atoms with Gasteiger partial charge in [0.05, 0.1) is 13.1 Å². The number of rotatable bonds is 3. The van der Waals surface area contributed by atoms with Gasteiger partial charge < -0.3 is 0 Å². The molecule has 0 saturated carbocycles. The van der Waals surface area contributed by atoms with Crippen molar-refractivity contribution >= 4 is 24.9 Å². The van der Waals surface area contributed by atoms with Crippen molar-refractivity contribution in [1.29, 1.82) is 0 Å². The molecule has 1 rings (SSSR count). The predicted molar refractivity (Wildman–Crippen MR) is 73.6 cm³/mol. The van der Waals surface area contributed by atoms with E-state index in [9.17, 15) is 0 Å². The van der Waals surface area contributed by atoms with E-state index >= 15 is 0 Å². The van der Waals surface area contributed by atoms with Crippen LogP contribution in [0.1, 0.15) is 6.92 Å². The predicted octanol–water partition coefficient (Wildman–Crippen LogP) is 4.07. The number of thioether (sulfide) groups is 1. The molecule has 1 nitrogen and oxygen atoms in total. The maximum absolute atomic E-state index is 4.63. The molecule has 0 N–H and O–H groups in total. The lowest BCUT2D eigenvalue weighted by molar-refractivity contribution is 1.28. The molecule has 15 heavy (non-hydrogen) atoms. The van der Waals surface area contributed by atoms with Crippen molar-refractivity contribution in [3.8, 4) is 0 Å². The fourth-order valence-corrected chi connectivity index (χ4v) is 2.63. The average Bonchev–Trinajstić information content (AvgIpc) is 2.15. The van der Waals surface area contributed by atoms with Crippen LogP contribution in [0.2, 0.25) is 19.6 Å². The summed E-state index contributed by atoms with van der Waals surface area (Å²) in [6.07, 6.45) is 1.03. The van der Waals surface area contributed by atoms with Gasteiger partial charge in [-0.05, 0) is 19.1 Å². The van der Waals surface area contributed by atoms with Crippen LogP contribution in [0.3, 0.4) is 0 Å². The van der Waals surface area contributed by atoms with Gasteiger partial charge in [0.15, 0.2) is 0 Å². The van der Waals surface area contributed by atoms with Gasteiger partial charge in [-0.15, -0.1) is 0 Å². The lowest BCUT2D eigenvalue weighted by Gasteiger charge is -2.12. The quantitative estimate of drug-likeness (QED) is 0.334. The fraction of sp³-hybridized carbons (Fsp3) is 0.417.